The number of rotatable bonds is 6. The summed E-state index contributed by atoms with van der Waals surface area (Å²) in [5.41, 5.74) is 4.42. The summed E-state index contributed by atoms with van der Waals surface area (Å²) >= 11 is 0. The predicted molar refractivity (Wildman–Crippen MR) is 126 cm³/mol. The van der Waals surface area contributed by atoms with Gasteiger partial charge < -0.3 is 15.0 Å². The van der Waals surface area contributed by atoms with Crippen molar-refractivity contribution in [1.82, 2.24) is 10.2 Å². The molecule has 2 aliphatic rings. The smallest absolute Gasteiger partial charge is 0.251 e. The first kappa shape index (κ1) is 21.8. The van der Waals surface area contributed by atoms with Crippen LogP contribution in [0, 0.1) is 12.8 Å². The number of carbonyl (C=O) groups is 1. The Bertz CT molecular complexity index is 836. The van der Waals surface area contributed by atoms with Gasteiger partial charge in [0.15, 0.2) is 0 Å². The standard InChI is InChI=1S/C26H35N3O2/c1-20-3-5-22(6-4-20)25(29-15-17-31-18-16-29)19-27-26(30)23-7-9-24(10-8-23)28-13-11-21(2)12-14-28/h3-10,21,25H,11-19H2,1-2H3,(H,27,30)/t25-/m1/s1. The van der Waals surface area contributed by atoms with Crippen LogP contribution in [0.2, 0.25) is 0 Å². The average molecular weight is 422 g/mol. The highest BCUT2D eigenvalue weighted by Crippen LogP contribution is 2.24. The van der Waals surface area contributed by atoms with Gasteiger partial charge in [-0.05, 0) is 55.5 Å². The second-order valence-electron chi connectivity index (χ2n) is 9.00. The molecule has 5 nitrogen and oxygen atoms in total. The molecule has 0 radical (unpaired) electrons. The molecule has 5 heteroatoms. The molecule has 0 saturated carbocycles. The predicted octanol–water partition coefficient (Wildman–Crippen LogP) is 4.03. The number of morpholine rings is 1. The number of nitrogens with zero attached hydrogens (tertiary/aromatic N) is 2. The van der Waals surface area contributed by atoms with Gasteiger partial charge in [-0.1, -0.05) is 36.8 Å². The Morgan fingerprint density at radius 2 is 1.65 bits per heavy atom. The number of amides is 1. The van der Waals surface area contributed by atoms with Crippen LogP contribution >= 0.6 is 0 Å². The van der Waals surface area contributed by atoms with Crippen LogP contribution in [0.5, 0.6) is 0 Å². The summed E-state index contributed by atoms with van der Waals surface area (Å²) in [6, 6.07) is 16.9. The number of nitrogens with one attached hydrogen (secondary N) is 1. The van der Waals surface area contributed by atoms with E-state index in [9.17, 15) is 4.79 Å². The number of hydrogen-bond donors (Lipinski definition) is 1. The first-order valence-electron chi connectivity index (χ1n) is 11.6. The van der Waals surface area contributed by atoms with E-state index >= 15 is 0 Å². The van der Waals surface area contributed by atoms with Crippen LogP contribution in [0.15, 0.2) is 48.5 Å². The fourth-order valence-corrected chi connectivity index (χ4v) is 4.52. The summed E-state index contributed by atoms with van der Waals surface area (Å²) in [5, 5.41) is 3.18. The van der Waals surface area contributed by atoms with Crippen molar-refractivity contribution in [2.75, 3.05) is 50.8 Å². The van der Waals surface area contributed by atoms with Gasteiger partial charge in [0.25, 0.3) is 5.91 Å². The van der Waals surface area contributed by atoms with Crippen LogP contribution in [0.25, 0.3) is 0 Å². The molecule has 0 aliphatic carbocycles. The van der Waals surface area contributed by atoms with E-state index in [4.69, 9.17) is 4.74 Å². The minimum atomic E-state index is -0.0100. The molecule has 31 heavy (non-hydrogen) atoms. The van der Waals surface area contributed by atoms with Crippen molar-refractivity contribution in [3.8, 4) is 0 Å². The maximum absolute atomic E-state index is 12.9. The minimum absolute atomic E-state index is 0.0100. The Kier molecular flexibility index (Phi) is 7.25. The normalized spacial score (nSPS) is 19.2. The first-order chi connectivity index (χ1) is 15.1. The van der Waals surface area contributed by atoms with Crippen LogP contribution in [-0.4, -0.2) is 56.7 Å². The summed E-state index contributed by atoms with van der Waals surface area (Å²) in [5.74, 6) is 0.804. The maximum atomic E-state index is 12.9. The quantitative estimate of drug-likeness (QED) is 0.765. The van der Waals surface area contributed by atoms with Crippen molar-refractivity contribution in [1.29, 1.82) is 0 Å². The lowest BCUT2D eigenvalue weighted by molar-refractivity contribution is 0.0162. The Labute approximate surface area is 186 Å². The van der Waals surface area contributed by atoms with Gasteiger partial charge in [-0.25, -0.2) is 0 Å². The molecular weight excluding hydrogens is 386 g/mol. The molecule has 2 aliphatic heterocycles. The van der Waals surface area contributed by atoms with Crippen molar-refractivity contribution >= 4 is 11.6 Å². The summed E-state index contributed by atoms with van der Waals surface area (Å²) in [6.45, 7) is 10.5. The molecule has 4 rings (SSSR count). The Morgan fingerprint density at radius 1 is 1.00 bits per heavy atom. The summed E-state index contributed by atoms with van der Waals surface area (Å²) in [7, 11) is 0. The molecule has 2 heterocycles. The van der Waals surface area contributed by atoms with Crippen LogP contribution in [-0.2, 0) is 4.74 Å². The Hall–Kier alpha value is -2.37. The lowest BCUT2D eigenvalue weighted by atomic mass is 9.98. The van der Waals surface area contributed by atoms with E-state index < -0.39 is 0 Å². The highest BCUT2D eigenvalue weighted by atomic mass is 16.5. The molecule has 2 aromatic carbocycles. The second-order valence-corrected chi connectivity index (χ2v) is 9.00. The van der Waals surface area contributed by atoms with Gasteiger partial charge in [0.1, 0.15) is 0 Å². The van der Waals surface area contributed by atoms with Gasteiger partial charge in [0.05, 0.1) is 19.3 Å². The van der Waals surface area contributed by atoms with Gasteiger partial charge >= 0.3 is 0 Å². The van der Waals surface area contributed by atoms with Gasteiger partial charge in [-0.15, -0.1) is 0 Å². The average Bonchev–Trinajstić information content (AvgIpc) is 2.81. The van der Waals surface area contributed by atoms with Crippen LogP contribution < -0.4 is 10.2 Å². The van der Waals surface area contributed by atoms with Crippen molar-refractivity contribution < 1.29 is 9.53 Å². The van der Waals surface area contributed by atoms with Crippen molar-refractivity contribution in [3.63, 3.8) is 0 Å². The van der Waals surface area contributed by atoms with Crippen molar-refractivity contribution in [2.45, 2.75) is 32.7 Å². The van der Waals surface area contributed by atoms with Gasteiger partial charge in [-0.2, -0.15) is 0 Å². The van der Waals surface area contributed by atoms with Crippen LogP contribution in [0.1, 0.15) is 47.3 Å². The van der Waals surface area contributed by atoms with Gasteiger partial charge in [0, 0.05) is 44.0 Å². The number of carbonyl (C=O) groups excluding carboxylic acids is 1. The summed E-state index contributed by atoms with van der Waals surface area (Å²) in [6.07, 6.45) is 2.48. The van der Waals surface area contributed by atoms with Crippen LogP contribution in [0.4, 0.5) is 5.69 Å². The van der Waals surface area contributed by atoms with Crippen molar-refractivity contribution in [3.05, 3.63) is 65.2 Å². The van der Waals surface area contributed by atoms with Gasteiger partial charge in [0.2, 0.25) is 0 Å². The second kappa shape index (κ2) is 10.3. The van der Waals surface area contributed by atoms with E-state index in [1.165, 1.54) is 29.7 Å². The summed E-state index contributed by atoms with van der Waals surface area (Å²) < 4.78 is 5.53. The van der Waals surface area contributed by atoms with E-state index in [2.05, 4.69) is 65.4 Å². The first-order valence-corrected chi connectivity index (χ1v) is 11.6. The third-order valence-corrected chi connectivity index (χ3v) is 6.68. The zero-order chi connectivity index (χ0) is 21.6. The number of aryl methyl sites for hydroxylation is 1. The van der Waals surface area contributed by atoms with Crippen LogP contribution in [0.3, 0.4) is 0 Å². The third-order valence-electron chi connectivity index (χ3n) is 6.68. The molecule has 2 aromatic rings. The lowest BCUT2D eigenvalue weighted by Gasteiger charge is -2.35. The minimum Gasteiger partial charge on any atom is -0.379 e. The topological polar surface area (TPSA) is 44.8 Å². The van der Waals surface area contributed by atoms with Crippen molar-refractivity contribution in [2.24, 2.45) is 5.92 Å². The molecule has 1 atom stereocenters. The number of piperidine rings is 1. The fourth-order valence-electron chi connectivity index (χ4n) is 4.52. The molecule has 166 valence electrons. The highest BCUT2D eigenvalue weighted by molar-refractivity contribution is 5.94. The Balaban J connectivity index is 1.39. The molecular formula is C26H35N3O2. The maximum Gasteiger partial charge on any atom is 0.251 e. The summed E-state index contributed by atoms with van der Waals surface area (Å²) in [4.78, 5) is 17.7. The molecule has 0 unspecified atom stereocenters. The molecule has 0 aromatic heterocycles. The Morgan fingerprint density at radius 3 is 2.29 bits per heavy atom. The van der Waals surface area contributed by atoms with E-state index in [0.717, 1.165) is 50.9 Å². The largest absolute Gasteiger partial charge is 0.379 e. The van der Waals surface area contributed by atoms with E-state index in [0.29, 0.717) is 6.54 Å². The number of hydrogen-bond acceptors (Lipinski definition) is 4. The molecule has 1 N–H and O–H groups in total. The van der Waals surface area contributed by atoms with E-state index in [1.54, 1.807) is 0 Å². The number of ether oxygens (including phenoxy) is 1. The number of anilines is 1. The third kappa shape index (κ3) is 5.66. The SMILES string of the molecule is Cc1ccc([C@@H](CNC(=O)c2ccc(N3CCC(C)CC3)cc2)N2CCOCC2)cc1. The lowest BCUT2D eigenvalue weighted by Crippen LogP contribution is -2.43. The molecule has 2 fully saturated rings. The van der Waals surface area contributed by atoms with Gasteiger partial charge in [-0.3, -0.25) is 9.69 Å². The number of benzene rings is 2. The molecule has 1 amide bonds. The van der Waals surface area contributed by atoms with E-state index in [1.807, 2.05) is 12.1 Å². The molecule has 0 bridgehead atoms. The monoisotopic (exact) mass is 421 g/mol. The highest BCUT2D eigenvalue weighted by Gasteiger charge is 2.23. The fraction of sp³-hybridized carbons (Fsp3) is 0.500. The van der Waals surface area contributed by atoms with E-state index in [-0.39, 0.29) is 11.9 Å². The molecule has 0 spiro atoms. The molecule has 2 saturated heterocycles. The zero-order valence-corrected chi connectivity index (χ0v) is 18.8. The zero-order valence-electron chi connectivity index (χ0n) is 18.8.